The zero-order chi connectivity index (χ0) is 23.1. The standard InChI is InChI=1S/C21H22N4O5S/c1-11-7-13(3)18(14(4)8-11)25-20(27)16(19(26)24-21(25)28)10-23-17-6-5-15(9-12(17)2)31(22,29)30/h5-10,27H,1-4H3,(H2,22,29,30)(H,24,26,28). The van der Waals surface area contributed by atoms with E-state index in [1.807, 2.05) is 19.1 Å². The number of aromatic nitrogens is 2. The van der Waals surface area contributed by atoms with Gasteiger partial charge in [-0.05, 0) is 62.6 Å². The molecule has 1 heterocycles. The van der Waals surface area contributed by atoms with Crippen LogP contribution in [0.5, 0.6) is 5.88 Å². The highest BCUT2D eigenvalue weighted by Crippen LogP contribution is 2.25. The lowest BCUT2D eigenvalue weighted by Gasteiger charge is -2.15. The molecular weight excluding hydrogens is 420 g/mol. The van der Waals surface area contributed by atoms with Crippen molar-refractivity contribution in [2.75, 3.05) is 0 Å². The fourth-order valence-electron chi connectivity index (χ4n) is 3.47. The Balaban J connectivity index is 2.16. The zero-order valence-electron chi connectivity index (χ0n) is 17.4. The van der Waals surface area contributed by atoms with E-state index in [0.717, 1.165) is 27.5 Å². The molecule has 9 nitrogen and oxygen atoms in total. The van der Waals surface area contributed by atoms with E-state index in [0.29, 0.717) is 16.9 Å². The molecule has 1 aromatic heterocycles. The van der Waals surface area contributed by atoms with Gasteiger partial charge in [-0.3, -0.25) is 14.8 Å². The van der Waals surface area contributed by atoms with Gasteiger partial charge in [-0.1, -0.05) is 17.7 Å². The van der Waals surface area contributed by atoms with Gasteiger partial charge in [-0.2, -0.15) is 0 Å². The predicted molar refractivity (Wildman–Crippen MR) is 118 cm³/mol. The number of nitrogens with two attached hydrogens (primary N) is 1. The lowest BCUT2D eigenvalue weighted by atomic mass is 10.0. The maximum Gasteiger partial charge on any atom is 0.335 e. The average molecular weight is 442 g/mol. The number of H-pyrrole nitrogens is 1. The van der Waals surface area contributed by atoms with E-state index in [1.165, 1.54) is 18.2 Å². The van der Waals surface area contributed by atoms with Gasteiger partial charge >= 0.3 is 5.69 Å². The first kappa shape index (κ1) is 22.2. The number of rotatable bonds is 4. The van der Waals surface area contributed by atoms with Crippen LogP contribution in [0.15, 0.2) is 49.8 Å². The number of nitrogens with zero attached hydrogens (tertiary/aromatic N) is 2. The molecular formula is C21H22N4O5S. The van der Waals surface area contributed by atoms with Crippen LogP contribution in [0.4, 0.5) is 5.69 Å². The minimum Gasteiger partial charge on any atom is -0.493 e. The fourth-order valence-corrected chi connectivity index (χ4v) is 4.07. The molecule has 2 aromatic carbocycles. The second-order valence-corrected chi connectivity index (χ2v) is 8.89. The monoisotopic (exact) mass is 442 g/mol. The van der Waals surface area contributed by atoms with Crippen molar-refractivity contribution >= 4 is 21.9 Å². The number of sulfonamides is 1. The van der Waals surface area contributed by atoms with Crippen molar-refractivity contribution in [1.29, 1.82) is 0 Å². The van der Waals surface area contributed by atoms with E-state index in [1.54, 1.807) is 20.8 Å². The Morgan fingerprint density at radius 1 is 1.03 bits per heavy atom. The number of aryl methyl sites for hydroxylation is 4. The Hall–Kier alpha value is -3.50. The van der Waals surface area contributed by atoms with Crippen molar-refractivity contribution in [3.8, 4) is 11.6 Å². The van der Waals surface area contributed by atoms with Crippen molar-refractivity contribution in [3.05, 3.63) is 79.0 Å². The molecule has 0 unspecified atom stereocenters. The number of hydrogen-bond donors (Lipinski definition) is 3. The molecule has 10 heteroatoms. The number of aromatic hydroxyl groups is 1. The Labute approximate surface area is 178 Å². The summed E-state index contributed by atoms with van der Waals surface area (Å²) in [5.41, 5.74) is 2.03. The third kappa shape index (κ3) is 4.35. The molecule has 0 saturated carbocycles. The van der Waals surface area contributed by atoms with Crippen molar-refractivity contribution in [2.45, 2.75) is 32.6 Å². The summed E-state index contributed by atoms with van der Waals surface area (Å²) < 4.78 is 24.0. The van der Waals surface area contributed by atoms with E-state index in [-0.39, 0.29) is 10.5 Å². The van der Waals surface area contributed by atoms with E-state index >= 15 is 0 Å². The maximum atomic E-state index is 12.5. The zero-order valence-corrected chi connectivity index (χ0v) is 18.2. The summed E-state index contributed by atoms with van der Waals surface area (Å²) in [4.78, 5) is 31.2. The first-order chi connectivity index (χ1) is 14.4. The summed E-state index contributed by atoms with van der Waals surface area (Å²) in [7, 11) is -3.86. The number of aliphatic imine (C=N–C) groups is 1. The highest BCUT2D eigenvalue weighted by Gasteiger charge is 2.18. The van der Waals surface area contributed by atoms with E-state index < -0.39 is 27.2 Å². The average Bonchev–Trinajstić information content (AvgIpc) is 2.63. The normalized spacial score (nSPS) is 11.9. The predicted octanol–water partition coefficient (Wildman–Crippen LogP) is 1.86. The molecule has 3 rings (SSSR count). The molecule has 162 valence electrons. The number of nitrogens with one attached hydrogen (secondary N) is 1. The first-order valence-electron chi connectivity index (χ1n) is 9.24. The van der Waals surface area contributed by atoms with Gasteiger partial charge in [0.1, 0.15) is 5.56 Å². The van der Waals surface area contributed by atoms with Crippen molar-refractivity contribution in [3.63, 3.8) is 0 Å². The van der Waals surface area contributed by atoms with Gasteiger partial charge in [0.05, 0.1) is 16.3 Å². The van der Waals surface area contributed by atoms with Crippen LogP contribution < -0.4 is 16.4 Å². The smallest absolute Gasteiger partial charge is 0.335 e. The van der Waals surface area contributed by atoms with Crippen LogP contribution in [0.2, 0.25) is 0 Å². The Kier molecular flexibility index (Phi) is 5.70. The van der Waals surface area contributed by atoms with Gasteiger partial charge in [-0.25, -0.2) is 22.9 Å². The second kappa shape index (κ2) is 7.97. The van der Waals surface area contributed by atoms with Gasteiger partial charge in [0, 0.05) is 6.21 Å². The number of aromatic amines is 1. The third-order valence-electron chi connectivity index (χ3n) is 4.81. The van der Waals surface area contributed by atoms with Gasteiger partial charge in [0.15, 0.2) is 0 Å². The van der Waals surface area contributed by atoms with Crippen LogP contribution in [0, 0.1) is 27.7 Å². The summed E-state index contributed by atoms with van der Waals surface area (Å²) in [5, 5.41) is 15.9. The molecule has 0 atom stereocenters. The Morgan fingerprint density at radius 2 is 1.65 bits per heavy atom. The van der Waals surface area contributed by atoms with E-state index in [2.05, 4.69) is 9.98 Å². The maximum absolute atomic E-state index is 12.5. The van der Waals surface area contributed by atoms with Crippen LogP contribution in [0.25, 0.3) is 5.69 Å². The highest BCUT2D eigenvalue weighted by atomic mass is 32.2. The molecule has 3 aromatic rings. The van der Waals surface area contributed by atoms with E-state index in [4.69, 9.17) is 5.14 Å². The Morgan fingerprint density at radius 3 is 2.19 bits per heavy atom. The lowest BCUT2D eigenvalue weighted by molar-refractivity contribution is 0.429. The number of primary sulfonamides is 1. The molecule has 0 aliphatic carbocycles. The van der Waals surface area contributed by atoms with Gasteiger partial charge in [0.25, 0.3) is 5.56 Å². The number of hydrogen-bond acceptors (Lipinski definition) is 6. The van der Waals surface area contributed by atoms with Crippen LogP contribution in [0.1, 0.15) is 27.8 Å². The molecule has 0 aliphatic rings. The molecule has 0 radical (unpaired) electrons. The van der Waals surface area contributed by atoms with Crippen LogP contribution in [0.3, 0.4) is 0 Å². The highest BCUT2D eigenvalue weighted by molar-refractivity contribution is 7.89. The quantitative estimate of drug-likeness (QED) is 0.528. The molecule has 0 saturated heterocycles. The summed E-state index contributed by atoms with van der Waals surface area (Å²) in [6.07, 6.45) is 1.13. The van der Waals surface area contributed by atoms with Crippen molar-refractivity contribution < 1.29 is 13.5 Å². The summed E-state index contributed by atoms with van der Waals surface area (Å²) in [5.74, 6) is -0.550. The van der Waals surface area contributed by atoms with Gasteiger partial charge in [-0.15, -0.1) is 0 Å². The van der Waals surface area contributed by atoms with Gasteiger partial charge in [0.2, 0.25) is 15.9 Å². The largest absolute Gasteiger partial charge is 0.493 e. The third-order valence-corrected chi connectivity index (χ3v) is 5.72. The van der Waals surface area contributed by atoms with Crippen LogP contribution in [-0.2, 0) is 10.0 Å². The fraction of sp³-hybridized carbons (Fsp3) is 0.190. The Bertz CT molecular complexity index is 1430. The topological polar surface area (TPSA) is 148 Å². The molecule has 0 bridgehead atoms. The first-order valence-corrected chi connectivity index (χ1v) is 10.8. The molecule has 0 aliphatic heterocycles. The summed E-state index contributed by atoms with van der Waals surface area (Å²) >= 11 is 0. The van der Waals surface area contributed by atoms with E-state index in [9.17, 15) is 23.1 Å². The van der Waals surface area contributed by atoms with Crippen molar-refractivity contribution in [1.82, 2.24) is 9.55 Å². The summed E-state index contributed by atoms with van der Waals surface area (Å²) in [6.45, 7) is 7.15. The molecule has 0 fully saturated rings. The molecule has 0 amide bonds. The molecule has 31 heavy (non-hydrogen) atoms. The minimum atomic E-state index is -3.86. The lowest BCUT2D eigenvalue weighted by Crippen LogP contribution is -2.32. The molecule has 0 spiro atoms. The van der Waals surface area contributed by atoms with Gasteiger partial charge < -0.3 is 5.11 Å². The van der Waals surface area contributed by atoms with Crippen molar-refractivity contribution in [2.24, 2.45) is 10.1 Å². The minimum absolute atomic E-state index is 0.0662. The number of benzene rings is 2. The SMILES string of the molecule is Cc1cc(C)c(-n2c(O)c(C=Nc3ccc(S(N)(=O)=O)cc3C)c(=O)[nH]c2=O)c(C)c1. The second-order valence-electron chi connectivity index (χ2n) is 7.33. The molecule has 4 N–H and O–H groups in total. The summed E-state index contributed by atoms with van der Waals surface area (Å²) in [6, 6.07) is 7.80. The van der Waals surface area contributed by atoms with Crippen LogP contribution >= 0.6 is 0 Å². The van der Waals surface area contributed by atoms with Crippen LogP contribution in [-0.4, -0.2) is 29.3 Å².